The van der Waals surface area contributed by atoms with Gasteiger partial charge in [0.05, 0.1) is 22.1 Å². The van der Waals surface area contributed by atoms with Gasteiger partial charge in [-0.05, 0) is 80.8 Å². The monoisotopic (exact) mass is 628 g/mol. The zero-order valence-electron chi connectivity index (χ0n) is 25.7. The Hall–Kier alpha value is -5.35. The van der Waals surface area contributed by atoms with E-state index in [2.05, 4.69) is 26.4 Å². The molecule has 1 N–H and O–H groups in total. The first kappa shape index (κ1) is 29.4. The molecule has 0 saturated heterocycles. The lowest BCUT2D eigenvalue weighted by Crippen LogP contribution is -2.33. The SMILES string of the molecule is CC(C)(C)OC(=O)c1nc(N2CCc3cccc(C(=O)Nc4nc5ccccc5s4)c3C2)ccc1-c1cnn(-c2ccccc2)c1. The molecule has 0 radical (unpaired) electrons. The van der Waals surface area contributed by atoms with Crippen LogP contribution in [0.15, 0.2) is 97.3 Å². The molecule has 0 fully saturated rings. The van der Waals surface area contributed by atoms with E-state index in [1.165, 1.54) is 11.3 Å². The van der Waals surface area contributed by atoms with Gasteiger partial charge in [0, 0.05) is 36.0 Å². The fourth-order valence-electron chi connectivity index (χ4n) is 5.60. The van der Waals surface area contributed by atoms with Crippen LogP contribution >= 0.6 is 11.3 Å². The van der Waals surface area contributed by atoms with Crippen LogP contribution in [0.4, 0.5) is 10.9 Å². The van der Waals surface area contributed by atoms with Gasteiger partial charge in [-0.15, -0.1) is 0 Å². The standard InChI is InChI=1S/C36H32N6O3S/c1-36(2,3)45-34(44)32-26(24-20-37-42(21-24)25-11-5-4-6-12-25)16-17-31(39-32)41-19-18-23-10-9-13-27(28(23)22-41)33(43)40-35-38-29-14-7-8-15-30(29)46-35/h4-17,20-21H,18-19,22H2,1-3H3,(H,38,40,43). The van der Waals surface area contributed by atoms with E-state index in [1.54, 1.807) is 10.9 Å². The Kier molecular flexibility index (Phi) is 7.58. The minimum absolute atomic E-state index is 0.203. The van der Waals surface area contributed by atoms with Gasteiger partial charge in [-0.3, -0.25) is 10.1 Å². The Balaban J connectivity index is 1.19. The molecule has 46 heavy (non-hydrogen) atoms. The molecule has 10 heteroatoms. The Morgan fingerprint density at radius 1 is 0.913 bits per heavy atom. The van der Waals surface area contributed by atoms with Gasteiger partial charge in [-0.2, -0.15) is 5.10 Å². The van der Waals surface area contributed by atoms with E-state index in [4.69, 9.17) is 9.72 Å². The minimum atomic E-state index is -0.699. The maximum absolute atomic E-state index is 13.6. The highest BCUT2D eigenvalue weighted by Gasteiger charge is 2.27. The van der Waals surface area contributed by atoms with Crippen molar-refractivity contribution < 1.29 is 14.3 Å². The summed E-state index contributed by atoms with van der Waals surface area (Å²) < 4.78 is 8.58. The molecular weight excluding hydrogens is 597 g/mol. The number of thiazole rings is 1. The lowest BCUT2D eigenvalue weighted by molar-refractivity contribution is 0.00638. The molecule has 0 atom stereocenters. The molecule has 6 aromatic rings. The average molecular weight is 629 g/mol. The molecule has 1 aliphatic heterocycles. The molecular formula is C36H32N6O3S. The van der Waals surface area contributed by atoms with Crippen molar-refractivity contribution >= 4 is 44.4 Å². The van der Waals surface area contributed by atoms with Crippen LogP contribution in [0.2, 0.25) is 0 Å². The van der Waals surface area contributed by atoms with Gasteiger partial charge in [0.2, 0.25) is 0 Å². The summed E-state index contributed by atoms with van der Waals surface area (Å²) in [6.07, 6.45) is 4.34. The molecule has 0 spiro atoms. The van der Waals surface area contributed by atoms with Gasteiger partial charge in [-0.25, -0.2) is 19.4 Å². The van der Waals surface area contributed by atoms with Crippen molar-refractivity contribution in [2.45, 2.75) is 39.3 Å². The highest BCUT2D eigenvalue weighted by Crippen LogP contribution is 2.32. The number of esters is 1. The van der Waals surface area contributed by atoms with Crippen LogP contribution in [-0.4, -0.2) is 43.8 Å². The summed E-state index contributed by atoms with van der Waals surface area (Å²) in [7, 11) is 0. The third-order valence-electron chi connectivity index (χ3n) is 7.74. The summed E-state index contributed by atoms with van der Waals surface area (Å²) in [5, 5.41) is 8.09. The molecule has 3 aromatic carbocycles. The molecule has 0 saturated carbocycles. The van der Waals surface area contributed by atoms with E-state index in [1.807, 2.05) is 106 Å². The van der Waals surface area contributed by atoms with Crippen molar-refractivity contribution in [2.75, 3.05) is 16.8 Å². The van der Waals surface area contributed by atoms with E-state index >= 15 is 0 Å². The number of nitrogens with one attached hydrogen (secondary N) is 1. The predicted molar refractivity (Wildman–Crippen MR) is 181 cm³/mol. The van der Waals surface area contributed by atoms with Crippen molar-refractivity contribution in [3.05, 3.63) is 120 Å². The van der Waals surface area contributed by atoms with Gasteiger partial charge in [-0.1, -0.05) is 53.8 Å². The first-order chi connectivity index (χ1) is 22.2. The lowest BCUT2D eigenvalue weighted by Gasteiger charge is -2.31. The first-order valence-corrected chi connectivity index (χ1v) is 15.9. The second kappa shape index (κ2) is 11.9. The fraction of sp³-hybridized carbons (Fsp3) is 0.194. The molecule has 7 rings (SSSR count). The zero-order valence-corrected chi connectivity index (χ0v) is 26.5. The van der Waals surface area contributed by atoms with Crippen LogP contribution in [0.5, 0.6) is 0 Å². The second-order valence-electron chi connectivity index (χ2n) is 12.1. The summed E-state index contributed by atoms with van der Waals surface area (Å²) in [4.78, 5) is 38.7. The normalized spacial score (nSPS) is 13.0. The summed E-state index contributed by atoms with van der Waals surface area (Å²) in [6, 6.07) is 27.2. The van der Waals surface area contributed by atoms with Crippen molar-refractivity contribution in [3.63, 3.8) is 0 Å². The smallest absolute Gasteiger partial charge is 0.358 e. The van der Waals surface area contributed by atoms with E-state index < -0.39 is 11.6 Å². The van der Waals surface area contributed by atoms with Crippen molar-refractivity contribution in [2.24, 2.45) is 0 Å². The number of anilines is 2. The first-order valence-electron chi connectivity index (χ1n) is 15.1. The van der Waals surface area contributed by atoms with E-state index in [0.29, 0.717) is 35.2 Å². The van der Waals surface area contributed by atoms with Crippen LogP contribution in [-0.2, 0) is 17.7 Å². The number of para-hydroxylation sites is 2. The molecule has 9 nitrogen and oxygen atoms in total. The number of nitrogens with zero attached hydrogens (tertiary/aromatic N) is 5. The summed E-state index contributed by atoms with van der Waals surface area (Å²) in [6.45, 7) is 6.66. The fourth-order valence-corrected chi connectivity index (χ4v) is 6.46. The number of ether oxygens (including phenoxy) is 1. The highest BCUT2D eigenvalue weighted by atomic mass is 32.1. The van der Waals surface area contributed by atoms with Crippen LogP contribution in [0.25, 0.3) is 27.0 Å². The Bertz CT molecular complexity index is 2050. The largest absolute Gasteiger partial charge is 0.455 e. The van der Waals surface area contributed by atoms with Gasteiger partial charge in [0.25, 0.3) is 5.91 Å². The zero-order chi connectivity index (χ0) is 31.8. The number of aromatic nitrogens is 4. The van der Waals surface area contributed by atoms with E-state index in [9.17, 15) is 9.59 Å². The number of benzene rings is 3. The Labute approximate surface area is 270 Å². The van der Waals surface area contributed by atoms with Gasteiger partial charge < -0.3 is 9.64 Å². The third kappa shape index (κ3) is 5.99. The number of amides is 1. The van der Waals surface area contributed by atoms with Crippen LogP contribution in [0, 0.1) is 0 Å². The van der Waals surface area contributed by atoms with E-state index in [-0.39, 0.29) is 11.6 Å². The molecule has 1 aliphatic rings. The number of fused-ring (bicyclic) bond motifs is 2. The van der Waals surface area contributed by atoms with Crippen LogP contribution in [0.1, 0.15) is 52.7 Å². The molecule has 230 valence electrons. The quantitative estimate of drug-likeness (QED) is 0.193. The third-order valence-corrected chi connectivity index (χ3v) is 8.69. The molecule has 0 bridgehead atoms. The lowest BCUT2D eigenvalue weighted by atomic mass is 9.94. The number of carbonyl (C=O) groups excluding carboxylic acids is 2. The molecule has 0 unspecified atom stereocenters. The van der Waals surface area contributed by atoms with Crippen LogP contribution < -0.4 is 10.2 Å². The molecule has 3 aromatic heterocycles. The highest BCUT2D eigenvalue weighted by molar-refractivity contribution is 7.22. The minimum Gasteiger partial charge on any atom is -0.455 e. The van der Waals surface area contributed by atoms with Gasteiger partial charge in [0.15, 0.2) is 10.8 Å². The molecule has 4 heterocycles. The number of rotatable bonds is 6. The number of hydrogen-bond donors (Lipinski definition) is 1. The predicted octanol–water partition coefficient (Wildman–Crippen LogP) is 7.31. The van der Waals surface area contributed by atoms with Gasteiger partial charge in [0.1, 0.15) is 11.4 Å². The summed E-state index contributed by atoms with van der Waals surface area (Å²) in [5.41, 5.74) is 5.31. The van der Waals surface area contributed by atoms with Gasteiger partial charge >= 0.3 is 5.97 Å². The van der Waals surface area contributed by atoms with Crippen LogP contribution in [0.3, 0.4) is 0 Å². The Morgan fingerprint density at radius 2 is 1.72 bits per heavy atom. The van der Waals surface area contributed by atoms with E-state index in [0.717, 1.165) is 39.0 Å². The number of hydrogen-bond acceptors (Lipinski definition) is 8. The summed E-state index contributed by atoms with van der Waals surface area (Å²) >= 11 is 1.45. The number of carbonyl (C=O) groups is 2. The maximum atomic E-state index is 13.6. The van der Waals surface area contributed by atoms with Crippen molar-refractivity contribution in [1.29, 1.82) is 0 Å². The Morgan fingerprint density at radius 3 is 2.52 bits per heavy atom. The second-order valence-corrected chi connectivity index (χ2v) is 13.2. The van der Waals surface area contributed by atoms with Crippen molar-refractivity contribution in [3.8, 4) is 16.8 Å². The molecule has 0 aliphatic carbocycles. The van der Waals surface area contributed by atoms with Crippen molar-refractivity contribution in [1.82, 2.24) is 19.7 Å². The number of pyridine rings is 1. The average Bonchev–Trinajstić information content (AvgIpc) is 3.71. The topological polar surface area (TPSA) is 102 Å². The maximum Gasteiger partial charge on any atom is 0.358 e. The molecule has 1 amide bonds. The summed E-state index contributed by atoms with van der Waals surface area (Å²) in [5.74, 6) is -0.0804.